The maximum absolute atomic E-state index is 3.84. The van der Waals surface area contributed by atoms with Crippen molar-refractivity contribution >= 4 is 11.3 Å². The fraction of sp³-hybridized carbons (Fsp3) is 0.143. The Kier molecular flexibility index (Phi) is 2.04. The fourth-order valence-corrected chi connectivity index (χ4v) is 1.57. The minimum absolute atomic E-state index is 0.667. The Labute approximate surface area is 73.3 Å². The minimum atomic E-state index is 0.667. The van der Waals surface area contributed by atoms with E-state index < -0.39 is 0 Å². The first-order valence-electron chi connectivity index (χ1n) is 3.47. The Balaban J connectivity index is 2.15. The molecule has 0 aliphatic carbocycles. The highest BCUT2D eigenvalue weighted by molar-refractivity contribution is 7.09. The molecule has 2 rings (SSSR count). The largest absolute Gasteiger partial charge is 0.178 e. The van der Waals surface area contributed by atoms with Crippen LogP contribution in [0, 0.1) is 0 Å². The third-order valence-corrected chi connectivity index (χ3v) is 2.24. The molecule has 0 spiro atoms. The van der Waals surface area contributed by atoms with Gasteiger partial charge in [0, 0.05) is 11.3 Å². The SMILES string of the molecule is c1csc(Cc2nncnn2)c1. The van der Waals surface area contributed by atoms with E-state index in [4.69, 9.17) is 0 Å². The zero-order valence-corrected chi connectivity index (χ0v) is 7.03. The van der Waals surface area contributed by atoms with Crippen LogP contribution < -0.4 is 0 Å². The van der Waals surface area contributed by atoms with Gasteiger partial charge in [-0.1, -0.05) is 6.07 Å². The first-order chi connectivity index (χ1) is 5.95. The van der Waals surface area contributed by atoms with Gasteiger partial charge >= 0.3 is 0 Å². The Morgan fingerprint density at radius 2 is 2.08 bits per heavy atom. The summed E-state index contributed by atoms with van der Waals surface area (Å²) in [5.74, 6) is 0.667. The number of rotatable bonds is 2. The van der Waals surface area contributed by atoms with Crippen molar-refractivity contribution in [1.82, 2.24) is 20.4 Å². The van der Waals surface area contributed by atoms with Crippen LogP contribution in [0.15, 0.2) is 23.8 Å². The predicted octanol–water partition coefficient (Wildman–Crippen LogP) is 0.919. The number of nitrogens with zero attached hydrogens (tertiary/aromatic N) is 4. The quantitative estimate of drug-likeness (QED) is 0.686. The van der Waals surface area contributed by atoms with Gasteiger partial charge in [-0.3, -0.25) is 0 Å². The molecule has 0 fully saturated rings. The summed E-state index contributed by atoms with van der Waals surface area (Å²) in [5, 5.41) is 17.0. The van der Waals surface area contributed by atoms with Crippen LogP contribution >= 0.6 is 11.3 Å². The van der Waals surface area contributed by atoms with Gasteiger partial charge in [0.2, 0.25) is 0 Å². The Morgan fingerprint density at radius 1 is 1.25 bits per heavy atom. The van der Waals surface area contributed by atoms with Crippen molar-refractivity contribution in [2.45, 2.75) is 6.42 Å². The van der Waals surface area contributed by atoms with Crippen molar-refractivity contribution < 1.29 is 0 Å². The highest BCUT2D eigenvalue weighted by Gasteiger charge is 1.99. The van der Waals surface area contributed by atoms with E-state index in [-0.39, 0.29) is 0 Å². The molecule has 12 heavy (non-hydrogen) atoms. The Morgan fingerprint density at radius 3 is 2.75 bits per heavy atom. The molecular weight excluding hydrogens is 172 g/mol. The zero-order valence-electron chi connectivity index (χ0n) is 6.21. The second-order valence-electron chi connectivity index (χ2n) is 2.22. The second-order valence-corrected chi connectivity index (χ2v) is 3.25. The van der Waals surface area contributed by atoms with Crippen LogP contribution in [0.5, 0.6) is 0 Å². The van der Waals surface area contributed by atoms with E-state index in [0.717, 1.165) is 6.42 Å². The standard InChI is InChI=1S/C7H6N4S/c1-2-6(12-3-1)4-7-10-8-5-9-11-7/h1-3,5H,4H2. The van der Waals surface area contributed by atoms with Crippen molar-refractivity contribution in [1.29, 1.82) is 0 Å². The van der Waals surface area contributed by atoms with Crippen LogP contribution in [0.1, 0.15) is 10.7 Å². The third kappa shape index (κ3) is 1.62. The molecule has 4 nitrogen and oxygen atoms in total. The molecule has 5 heteroatoms. The molecule has 0 unspecified atom stereocenters. The lowest BCUT2D eigenvalue weighted by Crippen LogP contribution is -1.98. The monoisotopic (exact) mass is 178 g/mol. The second kappa shape index (κ2) is 3.36. The van der Waals surface area contributed by atoms with Gasteiger partial charge in [0.05, 0.1) is 0 Å². The highest BCUT2D eigenvalue weighted by atomic mass is 32.1. The highest BCUT2D eigenvalue weighted by Crippen LogP contribution is 2.10. The van der Waals surface area contributed by atoms with E-state index >= 15 is 0 Å². The molecular formula is C7H6N4S. The molecule has 0 bridgehead atoms. The van der Waals surface area contributed by atoms with E-state index in [2.05, 4.69) is 20.4 Å². The fourth-order valence-electron chi connectivity index (χ4n) is 0.868. The minimum Gasteiger partial charge on any atom is -0.148 e. The van der Waals surface area contributed by atoms with Crippen molar-refractivity contribution in [3.05, 3.63) is 34.5 Å². The Bertz CT molecular complexity index is 332. The van der Waals surface area contributed by atoms with Crippen molar-refractivity contribution in [2.24, 2.45) is 0 Å². The molecule has 0 atom stereocenters. The summed E-state index contributed by atoms with van der Waals surface area (Å²) in [6, 6.07) is 4.05. The molecule has 0 aliphatic heterocycles. The first-order valence-corrected chi connectivity index (χ1v) is 4.35. The maximum atomic E-state index is 3.84. The normalized spacial score (nSPS) is 10.0. The molecule has 2 aromatic rings. The predicted molar refractivity (Wildman–Crippen MR) is 44.7 cm³/mol. The lowest BCUT2D eigenvalue weighted by Gasteiger charge is -1.91. The average Bonchev–Trinajstić information content (AvgIpc) is 2.59. The van der Waals surface area contributed by atoms with E-state index in [9.17, 15) is 0 Å². The van der Waals surface area contributed by atoms with Crippen LogP contribution in [0.3, 0.4) is 0 Å². The van der Waals surface area contributed by atoms with Crippen LogP contribution in [-0.4, -0.2) is 20.4 Å². The zero-order chi connectivity index (χ0) is 8.23. The van der Waals surface area contributed by atoms with Gasteiger partial charge in [-0.05, 0) is 11.4 Å². The molecule has 0 aromatic carbocycles. The molecule has 2 aromatic heterocycles. The lowest BCUT2D eigenvalue weighted by atomic mass is 10.3. The maximum Gasteiger partial charge on any atom is 0.178 e. The number of hydrogen-bond acceptors (Lipinski definition) is 5. The van der Waals surface area contributed by atoms with Crippen molar-refractivity contribution in [2.75, 3.05) is 0 Å². The van der Waals surface area contributed by atoms with E-state index in [1.807, 2.05) is 17.5 Å². The first kappa shape index (κ1) is 7.30. The van der Waals surface area contributed by atoms with Crippen LogP contribution in [-0.2, 0) is 6.42 Å². The van der Waals surface area contributed by atoms with E-state index in [1.54, 1.807) is 11.3 Å². The van der Waals surface area contributed by atoms with Crippen molar-refractivity contribution in [3.8, 4) is 0 Å². The van der Waals surface area contributed by atoms with E-state index in [0.29, 0.717) is 5.82 Å². The number of aromatic nitrogens is 4. The van der Waals surface area contributed by atoms with E-state index in [1.165, 1.54) is 11.2 Å². The van der Waals surface area contributed by atoms with Gasteiger partial charge < -0.3 is 0 Å². The van der Waals surface area contributed by atoms with Gasteiger partial charge in [0.1, 0.15) is 0 Å². The Hall–Kier alpha value is -1.36. The van der Waals surface area contributed by atoms with Gasteiger partial charge in [-0.15, -0.1) is 31.7 Å². The molecule has 60 valence electrons. The third-order valence-electron chi connectivity index (χ3n) is 1.36. The van der Waals surface area contributed by atoms with Crippen LogP contribution in [0.2, 0.25) is 0 Å². The molecule has 0 radical (unpaired) electrons. The summed E-state index contributed by atoms with van der Waals surface area (Å²) >= 11 is 1.68. The summed E-state index contributed by atoms with van der Waals surface area (Å²) < 4.78 is 0. The molecule has 2 heterocycles. The van der Waals surface area contributed by atoms with Crippen molar-refractivity contribution in [3.63, 3.8) is 0 Å². The summed E-state index contributed by atoms with van der Waals surface area (Å²) in [7, 11) is 0. The lowest BCUT2D eigenvalue weighted by molar-refractivity contribution is 0.781. The number of thiophene rings is 1. The molecule has 0 N–H and O–H groups in total. The van der Waals surface area contributed by atoms with Gasteiger partial charge in [0.25, 0.3) is 0 Å². The summed E-state index contributed by atoms with van der Waals surface area (Å²) in [4.78, 5) is 1.23. The summed E-state index contributed by atoms with van der Waals surface area (Å²) in [6.45, 7) is 0. The van der Waals surface area contributed by atoms with Gasteiger partial charge in [0.15, 0.2) is 12.2 Å². The van der Waals surface area contributed by atoms with Gasteiger partial charge in [-0.2, -0.15) is 0 Å². The summed E-state index contributed by atoms with van der Waals surface area (Å²) in [6.07, 6.45) is 2.05. The average molecular weight is 178 g/mol. The molecule has 0 amide bonds. The molecule has 0 aliphatic rings. The smallest absolute Gasteiger partial charge is 0.148 e. The molecule has 0 saturated carbocycles. The summed E-state index contributed by atoms with van der Waals surface area (Å²) in [5.41, 5.74) is 0. The van der Waals surface area contributed by atoms with Crippen LogP contribution in [0.25, 0.3) is 0 Å². The topological polar surface area (TPSA) is 51.6 Å². The van der Waals surface area contributed by atoms with Crippen LogP contribution in [0.4, 0.5) is 0 Å². The van der Waals surface area contributed by atoms with Gasteiger partial charge in [-0.25, -0.2) is 0 Å². The number of hydrogen-bond donors (Lipinski definition) is 0. The molecule has 0 saturated heterocycles.